The molecule has 0 amide bonds. The van der Waals surface area contributed by atoms with Crippen LogP contribution in [0.1, 0.15) is 21.5 Å². The fraction of sp³-hybridized carbons (Fsp3) is 0.125. The largest absolute Gasteiger partial charge is 0.457 e. The molecule has 0 aliphatic carbocycles. The summed E-state index contributed by atoms with van der Waals surface area (Å²) in [5.41, 5.74) is 2.40. The van der Waals surface area contributed by atoms with E-state index in [1.807, 2.05) is 30.3 Å². The third-order valence-corrected chi connectivity index (χ3v) is 2.72. The van der Waals surface area contributed by atoms with Gasteiger partial charge in [0.25, 0.3) is 0 Å². The molecule has 19 heavy (non-hydrogen) atoms. The monoisotopic (exact) mass is 254 g/mol. The summed E-state index contributed by atoms with van der Waals surface area (Å²) in [6, 6.07) is 16.3. The van der Waals surface area contributed by atoms with Crippen LogP contribution in [-0.4, -0.2) is 12.3 Å². The van der Waals surface area contributed by atoms with Gasteiger partial charge in [0.05, 0.1) is 5.56 Å². The predicted octanol–water partition coefficient (Wildman–Crippen LogP) is 2.79. The third kappa shape index (κ3) is 3.78. The summed E-state index contributed by atoms with van der Waals surface area (Å²) >= 11 is 0. The predicted molar refractivity (Wildman–Crippen MR) is 71.8 cm³/mol. The van der Waals surface area contributed by atoms with Crippen LogP contribution in [-0.2, 0) is 22.6 Å². The second kappa shape index (κ2) is 6.50. The average Bonchev–Trinajstić information content (AvgIpc) is 2.47. The molecule has 0 aromatic heterocycles. The highest BCUT2D eigenvalue weighted by Gasteiger charge is 2.05. The first kappa shape index (κ1) is 13.0. The van der Waals surface area contributed by atoms with E-state index >= 15 is 0 Å². The summed E-state index contributed by atoms with van der Waals surface area (Å²) in [4.78, 5) is 22.1. The molecular weight excluding hydrogens is 240 g/mol. The van der Waals surface area contributed by atoms with Crippen molar-refractivity contribution in [3.8, 4) is 0 Å². The minimum Gasteiger partial charge on any atom is -0.457 e. The van der Waals surface area contributed by atoms with Crippen molar-refractivity contribution in [2.24, 2.45) is 0 Å². The van der Waals surface area contributed by atoms with Crippen LogP contribution in [0.15, 0.2) is 54.6 Å². The number of hydrogen-bond acceptors (Lipinski definition) is 3. The third-order valence-electron chi connectivity index (χ3n) is 2.72. The van der Waals surface area contributed by atoms with Crippen LogP contribution in [0.4, 0.5) is 0 Å². The van der Waals surface area contributed by atoms with E-state index in [-0.39, 0.29) is 12.6 Å². The van der Waals surface area contributed by atoms with Crippen LogP contribution in [0.3, 0.4) is 0 Å². The molecule has 0 N–H and O–H groups in total. The van der Waals surface area contributed by atoms with Gasteiger partial charge in [0, 0.05) is 6.42 Å². The van der Waals surface area contributed by atoms with Crippen molar-refractivity contribution in [1.29, 1.82) is 0 Å². The Kier molecular flexibility index (Phi) is 4.45. The van der Waals surface area contributed by atoms with Gasteiger partial charge in [-0.05, 0) is 23.3 Å². The highest BCUT2D eigenvalue weighted by molar-refractivity contribution is 5.89. The lowest BCUT2D eigenvalue weighted by molar-refractivity contribution is -0.107. The molecule has 0 aliphatic heterocycles. The van der Waals surface area contributed by atoms with Crippen LogP contribution < -0.4 is 0 Å². The number of carbonyl (C=O) groups excluding carboxylic acids is 2. The summed E-state index contributed by atoms with van der Waals surface area (Å²) in [5.74, 6) is -0.336. The lowest BCUT2D eigenvalue weighted by Crippen LogP contribution is -2.04. The highest BCUT2D eigenvalue weighted by atomic mass is 16.5. The number of esters is 1. The maximum Gasteiger partial charge on any atom is 0.338 e. The molecular formula is C16H14O3. The molecule has 0 atom stereocenters. The standard InChI is InChI=1S/C16H14O3/c17-11-10-13-6-8-14(9-7-13)12-19-16(18)15-4-2-1-3-5-15/h1-9,11H,10,12H2. The van der Waals surface area contributed by atoms with E-state index in [1.165, 1.54) is 0 Å². The topological polar surface area (TPSA) is 43.4 Å². The number of ether oxygens (including phenoxy) is 1. The molecule has 2 aromatic carbocycles. The van der Waals surface area contributed by atoms with E-state index in [0.717, 1.165) is 17.4 Å². The van der Waals surface area contributed by atoms with E-state index in [2.05, 4.69) is 0 Å². The van der Waals surface area contributed by atoms with Gasteiger partial charge in [-0.1, -0.05) is 42.5 Å². The number of benzene rings is 2. The van der Waals surface area contributed by atoms with Crippen molar-refractivity contribution < 1.29 is 14.3 Å². The lowest BCUT2D eigenvalue weighted by atomic mass is 10.1. The van der Waals surface area contributed by atoms with Gasteiger partial charge in [0.2, 0.25) is 0 Å². The second-order valence-corrected chi connectivity index (χ2v) is 4.13. The fourth-order valence-electron chi connectivity index (χ4n) is 1.67. The molecule has 0 saturated carbocycles. The summed E-state index contributed by atoms with van der Waals surface area (Å²) < 4.78 is 5.21. The summed E-state index contributed by atoms with van der Waals surface area (Å²) in [7, 11) is 0. The Labute approximate surface area is 111 Å². The van der Waals surface area contributed by atoms with E-state index in [4.69, 9.17) is 4.74 Å². The first-order valence-electron chi connectivity index (χ1n) is 6.03. The zero-order valence-corrected chi connectivity index (χ0v) is 10.4. The smallest absolute Gasteiger partial charge is 0.338 e. The molecule has 0 fully saturated rings. The maximum atomic E-state index is 11.7. The molecule has 3 nitrogen and oxygen atoms in total. The SMILES string of the molecule is O=CCc1ccc(COC(=O)c2ccccc2)cc1. The van der Waals surface area contributed by atoms with Crippen molar-refractivity contribution in [1.82, 2.24) is 0 Å². The summed E-state index contributed by atoms with van der Waals surface area (Å²) in [6.45, 7) is 0.231. The van der Waals surface area contributed by atoms with Crippen molar-refractivity contribution in [3.05, 3.63) is 71.3 Å². The normalized spacial score (nSPS) is 9.89. The Bertz CT molecular complexity index is 544. The molecule has 2 rings (SSSR count). The quantitative estimate of drug-likeness (QED) is 0.608. The van der Waals surface area contributed by atoms with E-state index in [1.54, 1.807) is 24.3 Å². The Hall–Kier alpha value is -2.42. The van der Waals surface area contributed by atoms with Crippen molar-refractivity contribution in [3.63, 3.8) is 0 Å². The first-order valence-corrected chi connectivity index (χ1v) is 6.03. The van der Waals surface area contributed by atoms with Crippen LogP contribution in [0.2, 0.25) is 0 Å². The van der Waals surface area contributed by atoms with Gasteiger partial charge in [0.15, 0.2) is 0 Å². The van der Waals surface area contributed by atoms with Gasteiger partial charge >= 0.3 is 5.97 Å². The van der Waals surface area contributed by atoms with Gasteiger partial charge in [-0.3, -0.25) is 0 Å². The van der Waals surface area contributed by atoms with Gasteiger partial charge in [0.1, 0.15) is 12.9 Å². The Morgan fingerprint density at radius 3 is 2.21 bits per heavy atom. The molecule has 3 heteroatoms. The molecule has 96 valence electrons. The van der Waals surface area contributed by atoms with Gasteiger partial charge in [-0.15, -0.1) is 0 Å². The first-order chi connectivity index (χ1) is 9.29. The number of aldehydes is 1. The van der Waals surface area contributed by atoms with Crippen LogP contribution >= 0.6 is 0 Å². The van der Waals surface area contributed by atoms with Crippen LogP contribution in [0.25, 0.3) is 0 Å². The Morgan fingerprint density at radius 2 is 1.58 bits per heavy atom. The molecule has 0 saturated heterocycles. The van der Waals surface area contributed by atoms with E-state index in [0.29, 0.717) is 12.0 Å². The zero-order chi connectivity index (χ0) is 13.5. The molecule has 2 aromatic rings. The molecule has 0 spiro atoms. The Morgan fingerprint density at radius 1 is 0.947 bits per heavy atom. The number of rotatable bonds is 5. The zero-order valence-electron chi connectivity index (χ0n) is 10.4. The van der Waals surface area contributed by atoms with Gasteiger partial charge in [-0.25, -0.2) is 4.79 Å². The molecule has 0 radical (unpaired) electrons. The minimum absolute atomic E-state index is 0.231. The van der Waals surface area contributed by atoms with Crippen molar-refractivity contribution >= 4 is 12.3 Å². The number of carbonyl (C=O) groups is 2. The molecule has 0 unspecified atom stereocenters. The lowest BCUT2D eigenvalue weighted by Gasteiger charge is -2.05. The second-order valence-electron chi connectivity index (χ2n) is 4.13. The average molecular weight is 254 g/mol. The van der Waals surface area contributed by atoms with Crippen molar-refractivity contribution in [2.45, 2.75) is 13.0 Å². The van der Waals surface area contributed by atoms with Gasteiger partial charge in [-0.2, -0.15) is 0 Å². The van der Waals surface area contributed by atoms with Gasteiger partial charge < -0.3 is 9.53 Å². The van der Waals surface area contributed by atoms with E-state index < -0.39 is 0 Å². The minimum atomic E-state index is -0.336. The van der Waals surface area contributed by atoms with E-state index in [9.17, 15) is 9.59 Å². The summed E-state index contributed by atoms with van der Waals surface area (Å²) in [5, 5.41) is 0. The fourth-order valence-corrected chi connectivity index (χ4v) is 1.67. The molecule has 0 aliphatic rings. The number of hydrogen-bond donors (Lipinski definition) is 0. The Balaban J connectivity index is 1.92. The molecule has 0 heterocycles. The summed E-state index contributed by atoms with van der Waals surface area (Å²) in [6.07, 6.45) is 1.27. The maximum absolute atomic E-state index is 11.7. The van der Waals surface area contributed by atoms with Crippen LogP contribution in [0.5, 0.6) is 0 Å². The molecule has 0 bridgehead atoms. The highest BCUT2D eigenvalue weighted by Crippen LogP contribution is 2.08. The van der Waals surface area contributed by atoms with Crippen LogP contribution in [0, 0.1) is 0 Å². The van der Waals surface area contributed by atoms with Crippen molar-refractivity contribution in [2.75, 3.05) is 0 Å².